The van der Waals surface area contributed by atoms with Crippen LogP contribution in [0, 0.1) is 17.8 Å². The van der Waals surface area contributed by atoms with Crippen molar-refractivity contribution in [2.24, 2.45) is 17.8 Å². The number of rotatable bonds is 13. The van der Waals surface area contributed by atoms with E-state index >= 15 is 0 Å². The molecule has 0 spiro atoms. The van der Waals surface area contributed by atoms with Crippen molar-refractivity contribution in [1.29, 1.82) is 0 Å². The number of likely N-dealkylation sites (N-methyl/N-ethyl adjacent to an activating group) is 2. The van der Waals surface area contributed by atoms with Gasteiger partial charge in [0.1, 0.15) is 23.9 Å². The van der Waals surface area contributed by atoms with Gasteiger partial charge in [0, 0.05) is 49.5 Å². The molecule has 368 valence electrons. The van der Waals surface area contributed by atoms with E-state index in [-0.39, 0.29) is 49.7 Å². The first-order chi connectivity index (χ1) is 29.4. The Hall–Kier alpha value is -0.800. The quantitative estimate of drug-likeness (QED) is 0.108. The molecule has 19 atom stereocenters. The van der Waals surface area contributed by atoms with Gasteiger partial charge in [0.05, 0.1) is 47.6 Å². The van der Waals surface area contributed by atoms with Crippen LogP contribution < -0.4 is 0 Å². The Balaban J connectivity index is 1.78. The van der Waals surface area contributed by atoms with Crippen molar-refractivity contribution in [3.63, 3.8) is 0 Å². The summed E-state index contributed by atoms with van der Waals surface area (Å²) in [6.45, 7) is 18.2. The van der Waals surface area contributed by atoms with Crippen LogP contribution in [0.2, 0.25) is 0 Å². The van der Waals surface area contributed by atoms with Crippen molar-refractivity contribution in [2.45, 2.75) is 223 Å². The summed E-state index contributed by atoms with van der Waals surface area (Å²) >= 11 is 0. The molecule has 63 heavy (non-hydrogen) atoms. The molecule has 0 aliphatic carbocycles. The fraction of sp³-hybridized carbons (Fsp3) is 0.957. The van der Waals surface area contributed by atoms with Gasteiger partial charge in [-0.05, 0) is 114 Å². The molecule has 0 radical (unpaired) electrons. The highest BCUT2D eigenvalue weighted by molar-refractivity contribution is 8.77. The van der Waals surface area contributed by atoms with Gasteiger partial charge in [-0.2, -0.15) is 0 Å². The molecule has 4 aliphatic rings. The lowest BCUT2D eigenvalue weighted by molar-refractivity contribution is -0.319. The number of aliphatic hydroxyl groups is 4. The van der Waals surface area contributed by atoms with E-state index < -0.39 is 96.0 Å². The van der Waals surface area contributed by atoms with Crippen LogP contribution in [0.4, 0.5) is 0 Å². The van der Waals surface area contributed by atoms with Gasteiger partial charge in [0.25, 0.3) is 0 Å². The van der Waals surface area contributed by atoms with E-state index in [1.807, 2.05) is 80.2 Å². The fourth-order valence-electron chi connectivity index (χ4n) is 10.3. The van der Waals surface area contributed by atoms with E-state index in [4.69, 9.17) is 33.2 Å². The lowest BCUT2D eigenvalue weighted by atomic mass is 9.77. The van der Waals surface area contributed by atoms with E-state index in [1.54, 1.807) is 34.6 Å². The van der Waals surface area contributed by atoms with Crippen LogP contribution in [0.3, 0.4) is 0 Å². The summed E-state index contributed by atoms with van der Waals surface area (Å²) in [6, 6.07) is -0.829. The Morgan fingerprint density at radius 2 is 1.65 bits per heavy atom. The van der Waals surface area contributed by atoms with Crippen molar-refractivity contribution in [3.8, 4) is 0 Å². The fourth-order valence-corrected chi connectivity index (χ4v) is 13.3. The summed E-state index contributed by atoms with van der Waals surface area (Å²) in [5.74, 6) is -1.87. The van der Waals surface area contributed by atoms with Gasteiger partial charge >= 0.3 is 11.9 Å². The van der Waals surface area contributed by atoms with Crippen molar-refractivity contribution in [3.05, 3.63) is 0 Å². The van der Waals surface area contributed by atoms with Crippen LogP contribution in [0.15, 0.2) is 0 Å². The first-order valence-electron chi connectivity index (χ1n) is 23.4. The van der Waals surface area contributed by atoms with E-state index in [2.05, 4.69) is 0 Å². The van der Waals surface area contributed by atoms with Crippen molar-refractivity contribution < 1.29 is 63.2 Å². The highest BCUT2D eigenvalue weighted by Gasteiger charge is 2.53. The predicted octanol–water partition coefficient (Wildman–Crippen LogP) is 5.17. The van der Waals surface area contributed by atoms with E-state index in [1.165, 1.54) is 26.2 Å². The largest absolute Gasteiger partial charge is 0.459 e. The van der Waals surface area contributed by atoms with Crippen LogP contribution in [0.25, 0.3) is 0 Å². The molecule has 0 aromatic heterocycles. The van der Waals surface area contributed by atoms with Gasteiger partial charge in [-0.25, -0.2) is 0 Å². The van der Waals surface area contributed by atoms with Gasteiger partial charge in [0.15, 0.2) is 18.7 Å². The average Bonchev–Trinajstić information content (AvgIpc) is 3.74. The number of carbonyl (C=O) groups is 2. The summed E-state index contributed by atoms with van der Waals surface area (Å²) in [5.41, 5.74) is -4.47. The highest BCUT2D eigenvalue weighted by atomic mass is 33.1. The molecule has 15 nitrogen and oxygen atoms in total. The zero-order valence-corrected chi connectivity index (χ0v) is 42.3. The molecule has 0 amide bonds. The number of methoxy groups -OCH3 is 1. The molecule has 4 fully saturated rings. The highest BCUT2D eigenvalue weighted by Crippen LogP contribution is 2.42. The third kappa shape index (κ3) is 13.9. The minimum absolute atomic E-state index is 0.117. The normalized spacial score (nSPS) is 45.3. The molecule has 2 unspecified atom stereocenters. The third-order valence-corrected chi connectivity index (χ3v) is 17.3. The smallest absolute Gasteiger partial charge is 0.311 e. The number of ether oxygens (including phenoxy) is 7. The Morgan fingerprint density at radius 3 is 2.25 bits per heavy atom. The Labute approximate surface area is 386 Å². The molecule has 0 aromatic rings. The summed E-state index contributed by atoms with van der Waals surface area (Å²) in [5, 5.41) is 48.1. The first kappa shape index (κ1) is 54.8. The van der Waals surface area contributed by atoms with Crippen LogP contribution in [0.5, 0.6) is 0 Å². The second-order valence-corrected chi connectivity index (χ2v) is 23.0. The number of cyclic esters (lactones) is 1. The number of carbonyl (C=O) groups excluding carboxylic acids is 2. The number of nitrogens with zero attached hydrogens (tertiary/aromatic N) is 2. The summed E-state index contributed by atoms with van der Waals surface area (Å²) in [6.07, 6.45) is -4.13. The van der Waals surface area contributed by atoms with Gasteiger partial charge in [0.2, 0.25) is 0 Å². The number of esters is 2. The third-order valence-electron chi connectivity index (χ3n) is 14.3. The maximum atomic E-state index is 14.5. The van der Waals surface area contributed by atoms with Gasteiger partial charge in [-0.1, -0.05) is 48.8 Å². The lowest BCUT2D eigenvalue weighted by Gasteiger charge is -2.49. The van der Waals surface area contributed by atoms with Crippen LogP contribution >= 0.6 is 21.6 Å². The summed E-state index contributed by atoms with van der Waals surface area (Å²) in [4.78, 5) is 32.1. The Morgan fingerprint density at radius 1 is 0.968 bits per heavy atom. The minimum Gasteiger partial charge on any atom is -0.459 e. The number of hydrogen-bond acceptors (Lipinski definition) is 17. The number of unbranched alkanes of at least 4 members (excludes halogenated alkanes) is 1. The van der Waals surface area contributed by atoms with E-state index in [0.29, 0.717) is 24.6 Å². The molecule has 4 saturated heterocycles. The molecule has 17 heteroatoms. The molecular weight excluding hydrogens is 853 g/mol. The second kappa shape index (κ2) is 23.5. The molecule has 4 aliphatic heterocycles. The van der Waals surface area contributed by atoms with Crippen molar-refractivity contribution in [1.82, 2.24) is 9.80 Å². The molecule has 0 bridgehead atoms. The van der Waals surface area contributed by atoms with Crippen LogP contribution in [-0.4, -0.2) is 178 Å². The van der Waals surface area contributed by atoms with Gasteiger partial charge < -0.3 is 63.4 Å². The van der Waals surface area contributed by atoms with Crippen LogP contribution in [0.1, 0.15) is 127 Å². The summed E-state index contributed by atoms with van der Waals surface area (Å²) in [7, 11) is 11.1. The van der Waals surface area contributed by atoms with Crippen molar-refractivity contribution >= 4 is 33.5 Å². The van der Waals surface area contributed by atoms with Gasteiger partial charge in [-0.3, -0.25) is 9.59 Å². The molecule has 0 aromatic carbocycles. The van der Waals surface area contributed by atoms with Crippen LogP contribution in [-0.2, 0) is 42.7 Å². The first-order valence-corrected chi connectivity index (χ1v) is 25.8. The zero-order chi connectivity index (χ0) is 47.2. The molecule has 4 heterocycles. The SMILES string of the molecule is CC[C@H]1OC(=O)[C@H](C)[C@@H](O[C@H]2C[C@@](C)(OC)[C@@H](O)[C@H](C)O2)[C@H](C)[C@@H](O[C@@H]2O[C@H](C)CC(N(C)C)[C@H]2OC(=O)CCCCC2CCSS2)[C@](C)(O)C[C@@H](C)CN(C)[C@H](C)[C@@H](O)[C@]1(C)O. The monoisotopic (exact) mass is 937 g/mol. The zero-order valence-electron chi connectivity index (χ0n) is 40.7. The lowest BCUT2D eigenvalue weighted by Crippen LogP contribution is -2.61. The number of aliphatic hydroxyl groups excluding tert-OH is 2. The predicted molar refractivity (Wildman–Crippen MR) is 245 cm³/mol. The second-order valence-electron chi connectivity index (χ2n) is 20.2. The maximum absolute atomic E-state index is 14.5. The summed E-state index contributed by atoms with van der Waals surface area (Å²) < 4.78 is 45.0. The molecule has 0 saturated carbocycles. The minimum atomic E-state index is -1.82. The van der Waals surface area contributed by atoms with E-state index in [0.717, 1.165) is 12.8 Å². The molecule has 4 N–H and O–H groups in total. The molecular formula is C46H84N2O13S2. The maximum Gasteiger partial charge on any atom is 0.311 e. The standard InChI is InChI=1S/C46H84N2O13S2/c1-15-34-46(10,54)39(50)30(6)48(13)25-26(2)23-44(8,53)41(28(4)37(29(5)42(52)58-34)60-36-24-45(9,55-14)40(51)31(7)57-36)61-43-38(33(47(11)12)22-27(3)56-43)59-35(49)19-17-16-18-32-20-21-62-63-32/h26-34,36-41,43,50-51,53-54H,15-25H2,1-14H3/t26-,27-,28+,29-,30-,31+,32?,33?,34-,36+,37+,38-,39-,40+,41-,43+,44-,45-,46-/m1/s1. The Kier molecular flexibility index (Phi) is 20.4. The Bertz CT molecular complexity index is 1440. The van der Waals surface area contributed by atoms with E-state index in [9.17, 15) is 30.0 Å². The topological polar surface area (TPSA) is 186 Å². The average molecular weight is 937 g/mol. The van der Waals surface area contributed by atoms with Crippen molar-refractivity contribution in [2.75, 3.05) is 40.6 Å². The van der Waals surface area contributed by atoms with Gasteiger partial charge in [-0.15, -0.1) is 0 Å². The number of hydrogen-bond donors (Lipinski definition) is 4. The molecule has 4 rings (SSSR count).